The lowest BCUT2D eigenvalue weighted by atomic mass is 10.1. The highest BCUT2D eigenvalue weighted by atomic mass is 19.1. The van der Waals surface area contributed by atoms with Gasteiger partial charge in [-0.15, -0.1) is 0 Å². The summed E-state index contributed by atoms with van der Waals surface area (Å²) in [5.41, 5.74) is 4.64. The van der Waals surface area contributed by atoms with E-state index in [2.05, 4.69) is 11.5 Å². The second-order valence-electron chi connectivity index (χ2n) is 9.94. The number of rotatable bonds is 12. The molecule has 2 amide bonds. The molecule has 1 aromatic heterocycles. The Labute approximate surface area is 230 Å². The Morgan fingerprint density at radius 3 is 2.21 bits per heavy atom. The van der Waals surface area contributed by atoms with Crippen molar-refractivity contribution in [2.45, 2.75) is 46.3 Å². The Balaban J connectivity index is 1.55. The summed E-state index contributed by atoms with van der Waals surface area (Å²) in [6, 6.07) is 27.8. The lowest BCUT2D eigenvalue weighted by Crippen LogP contribution is -2.43. The molecule has 0 N–H and O–H groups in total. The van der Waals surface area contributed by atoms with Crippen LogP contribution in [0, 0.1) is 12.7 Å². The average Bonchev–Trinajstić information content (AvgIpc) is 3.38. The van der Waals surface area contributed by atoms with Gasteiger partial charge in [0.25, 0.3) is 5.91 Å². The van der Waals surface area contributed by atoms with Crippen LogP contribution >= 0.6 is 0 Å². The van der Waals surface area contributed by atoms with Crippen molar-refractivity contribution in [2.24, 2.45) is 0 Å². The summed E-state index contributed by atoms with van der Waals surface area (Å²) in [5.74, 6) is -0.500. The van der Waals surface area contributed by atoms with Crippen LogP contribution in [0.2, 0.25) is 0 Å². The van der Waals surface area contributed by atoms with Gasteiger partial charge < -0.3 is 14.4 Å². The first kappa shape index (κ1) is 27.8. The van der Waals surface area contributed by atoms with Crippen LogP contribution in [0.5, 0.6) is 0 Å². The predicted molar refractivity (Wildman–Crippen MR) is 153 cm³/mol. The SMILES string of the molecule is CCCCN(CC(=O)N(Cc1ccccc1)Cc1cccn1Cc1ccc(F)cc1)C(=O)c1ccc(C)cc1. The maximum atomic E-state index is 13.8. The molecule has 0 fully saturated rings. The minimum Gasteiger partial charge on any atom is -0.345 e. The van der Waals surface area contributed by atoms with Crippen LogP contribution in [0.4, 0.5) is 4.39 Å². The van der Waals surface area contributed by atoms with Crippen LogP contribution in [0.3, 0.4) is 0 Å². The topological polar surface area (TPSA) is 45.6 Å². The number of carbonyl (C=O) groups is 2. The molecule has 5 nitrogen and oxygen atoms in total. The Morgan fingerprint density at radius 1 is 0.795 bits per heavy atom. The van der Waals surface area contributed by atoms with E-state index < -0.39 is 0 Å². The zero-order chi connectivity index (χ0) is 27.6. The molecular formula is C33H36FN3O2. The van der Waals surface area contributed by atoms with Crippen LogP contribution in [0.25, 0.3) is 0 Å². The lowest BCUT2D eigenvalue weighted by molar-refractivity contribution is -0.133. The molecule has 0 radical (unpaired) electrons. The number of amides is 2. The van der Waals surface area contributed by atoms with E-state index in [-0.39, 0.29) is 24.2 Å². The Morgan fingerprint density at radius 2 is 1.51 bits per heavy atom. The Kier molecular flexibility index (Phi) is 9.68. The zero-order valence-electron chi connectivity index (χ0n) is 22.7. The summed E-state index contributed by atoms with van der Waals surface area (Å²) in [5, 5.41) is 0. The molecule has 0 atom stereocenters. The molecule has 0 aliphatic carbocycles. The number of halogens is 1. The molecule has 4 aromatic rings. The molecule has 4 rings (SSSR count). The number of hydrogen-bond acceptors (Lipinski definition) is 2. The smallest absolute Gasteiger partial charge is 0.254 e. The third kappa shape index (κ3) is 7.90. The van der Waals surface area contributed by atoms with E-state index in [4.69, 9.17) is 0 Å². The van der Waals surface area contributed by atoms with Crippen molar-refractivity contribution in [3.8, 4) is 0 Å². The largest absolute Gasteiger partial charge is 0.345 e. The van der Waals surface area contributed by atoms with Gasteiger partial charge in [-0.2, -0.15) is 0 Å². The van der Waals surface area contributed by atoms with Gasteiger partial charge in [0.05, 0.1) is 6.54 Å². The number of unbranched alkanes of at least 4 members (excludes halogenated alkanes) is 1. The highest BCUT2D eigenvalue weighted by molar-refractivity contribution is 5.96. The normalized spacial score (nSPS) is 10.8. The number of benzene rings is 3. The number of aryl methyl sites for hydroxylation is 1. The monoisotopic (exact) mass is 525 g/mol. The molecule has 39 heavy (non-hydrogen) atoms. The molecule has 202 valence electrons. The first-order chi connectivity index (χ1) is 18.9. The fourth-order valence-electron chi connectivity index (χ4n) is 4.51. The quantitative estimate of drug-likeness (QED) is 0.213. The van der Waals surface area contributed by atoms with Crippen LogP contribution in [0.15, 0.2) is 97.2 Å². The first-order valence-electron chi connectivity index (χ1n) is 13.5. The molecule has 0 aliphatic heterocycles. The molecule has 0 unspecified atom stereocenters. The Bertz CT molecular complexity index is 1350. The zero-order valence-corrected chi connectivity index (χ0v) is 22.7. The molecule has 6 heteroatoms. The van der Waals surface area contributed by atoms with Gasteiger partial charge in [-0.25, -0.2) is 4.39 Å². The van der Waals surface area contributed by atoms with Crippen LogP contribution in [0.1, 0.15) is 52.5 Å². The van der Waals surface area contributed by atoms with E-state index in [9.17, 15) is 14.0 Å². The van der Waals surface area contributed by atoms with Crippen LogP contribution < -0.4 is 0 Å². The van der Waals surface area contributed by atoms with E-state index in [1.807, 2.05) is 84.8 Å². The summed E-state index contributed by atoms with van der Waals surface area (Å²) in [7, 11) is 0. The second-order valence-corrected chi connectivity index (χ2v) is 9.94. The number of nitrogens with zero attached hydrogens (tertiary/aromatic N) is 3. The average molecular weight is 526 g/mol. The Hall–Kier alpha value is -4.19. The highest BCUT2D eigenvalue weighted by Crippen LogP contribution is 2.16. The van der Waals surface area contributed by atoms with Crippen molar-refractivity contribution < 1.29 is 14.0 Å². The third-order valence-electron chi connectivity index (χ3n) is 6.80. The predicted octanol–water partition coefficient (Wildman–Crippen LogP) is 6.46. The molecule has 0 bridgehead atoms. The van der Waals surface area contributed by atoms with Gasteiger partial charge in [0, 0.05) is 37.1 Å². The van der Waals surface area contributed by atoms with E-state index in [1.54, 1.807) is 17.0 Å². The molecular weight excluding hydrogens is 489 g/mol. The maximum absolute atomic E-state index is 13.8. The second kappa shape index (κ2) is 13.6. The minimum absolute atomic E-state index is 0.0121. The minimum atomic E-state index is -0.265. The standard InChI is InChI=1S/C33H36FN3O2/c1-3-4-20-36(33(39)29-16-12-26(2)13-17-29)25-32(38)37(23-27-9-6-5-7-10-27)24-31-11-8-21-35(31)22-28-14-18-30(34)19-15-28/h5-19,21H,3-4,20,22-25H2,1-2H3. The van der Waals surface area contributed by atoms with E-state index in [1.165, 1.54) is 12.1 Å². The van der Waals surface area contributed by atoms with Gasteiger partial charge >= 0.3 is 0 Å². The van der Waals surface area contributed by atoms with Crippen molar-refractivity contribution in [1.82, 2.24) is 14.4 Å². The van der Waals surface area contributed by atoms with Gasteiger partial charge in [0.15, 0.2) is 0 Å². The third-order valence-corrected chi connectivity index (χ3v) is 6.80. The number of hydrogen-bond donors (Lipinski definition) is 0. The van der Waals surface area contributed by atoms with Gasteiger partial charge in [-0.05, 0) is 60.9 Å². The molecule has 3 aromatic carbocycles. The lowest BCUT2D eigenvalue weighted by Gasteiger charge is -2.28. The van der Waals surface area contributed by atoms with Crippen LogP contribution in [-0.2, 0) is 24.4 Å². The summed E-state index contributed by atoms with van der Waals surface area (Å²) in [6.07, 6.45) is 3.72. The fraction of sp³-hybridized carbons (Fsp3) is 0.273. The number of aromatic nitrogens is 1. The summed E-state index contributed by atoms with van der Waals surface area (Å²) < 4.78 is 15.5. The van der Waals surface area contributed by atoms with E-state index in [0.29, 0.717) is 31.7 Å². The maximum Gasteiger partial charge on any atom is 0.254 e. The molecule has 0 aliphatic rings. The summed E-state index contributed by atoms with van der Waals surface area (Å²) in [6.45, 7) is 6.00. The number of carbonyl (C=O) groups excluding carboxylic acids is 2. The first-order valence-corrected chi connectivity index (χ1v) is 13.5. The summed E-state index contributed by atoms with van der Waals surface area (Å²) >= 11 is 0. The van der Waals surface area contributed by atoms with Gasteiger partial charge in [0.1, 0.15) is 12.4 Å². The molecule has 0 saturated carbocycles. The fourth-order valence-corrected chi connectivity index (χ4v) is 4.51. The van der Waals surface area contributed by atoms with Gasteiger partial charge in [0.2, 0.25) is 5.91 Å². The van der Waals surface area contributed by atoms with Crippen molar-refractivity contribution in [1.29, 1.82) is 0 Å². The van der Waals surface area contributed by atoms with Crippen molar-refractivity contribution in [3.63, 3.8) is 0 Å². The van der Waals surface area contributed by atoms with E-state index >= 15 is 0 Å². The van der Waals surface area contributed by atoms with Crippen molar-refractivity contribution >= 4 is 11.8 Å². The van der Waals surface area contributed by atoms with Crippen LogP contribution in [-0.4, -0.2) is 39.3 Å². The van der Waals surface area contributed by atoms with Gasteiger partial charge in [-0.1, -0.05) is 73.5 Å². The molecule has 0 saturated heterocycles. The summed E-state index contributed by atoms with van der Waals surface area (Å²) in [4.78, 5) is 30.7. The molecule has 0 spiro atoms. The van der Waals surface area contributed by atoms with Crippen molar-refractivity contribution in [3.05, 3.63) is 131 Å². The van der Waals surface area contributed by atoms with Crippen molar-refractivity contribution in [2.75, 3.05) is 13.1 Å². The van der Waals surface area contributed by atoms with Gasteiger partial charge in [-0.3, -0.25) is 9.59 Å². The molecule has 1 heterocycles. The highest BCUT2D eigenvalue weighted by Gasteiger charge is 2.23. The van der Waals surface area contributed by atoms with E-state index in [0.717, 1.165) is 35.2 Å².